The lowest BCUT2D eigenvalue weighted by Gasteiger charge is -2.24. The Morgan fingerprint density at radius 3 is 2.74 bits per heavy atom. The minimum atomic E-state index is -1.29. The van der Waals surface area contributed by atoms with Crippen LogP contribution in [0.1, 0.15) is 19.8 Å². The Kier molecular flexibility index (Phi) is 4.26. The smallest absolute Gasteiger partial charge is 0.332 e. The van der Waals surface area contributed by atoms with Gasteiger partial charge in [-0.25, -0.2) is 9.59 Å². The van der Waals surface area contributed by atoms with Gasteiger partial charge in [-0.05, 0) is 13.3 Å². The van der Waals surface area contributed by atoms with E-state index < -0.39 is 17.5 Å². The van der Waals surface area contributed by atoms with E-state index in [1.54, 1.807) is 0 Å². The number of carbonyl (C=O) groups is 2. The number of urea groups is 1. The molecule has 2 fully saturated rings. The van der Waals surface area contributed by atoms with Crippen molar-refractivity contribution in [2.24, 2.45) is 5.92 Å². The van der Waals surface area contributed by atoms with Crippen LogP contribution in [0.2, 0.25) is 0 Å². The monoisotopic (exact) mass is 272 g/mol. The van der Waals surface area contributed by atoms with Gasteiger partial charge in [-0.3, -0.25) is 0 Å². The lowest BCUT2D eigenvalue weighted by atomic mass is 9.99. The van der Waals surface area contributed by atoms with Gasteiger partial charge >= 0.3 is 12.0 Å². The largest absolute Gasteiger partial charge is 0.479 e. The van der Waals surface area contributed by atoms with Crippen molar-refractivity contribution in [2.75, 3.05) is 26.4 Å². The van der Waals surface area contributed by atoms with Crippen LogP contribution in [0.4, 0.5) is 4.79 Å². The standard InChI is InChI=1S/C12H20N2O5/c1-8-9(2-4-19-8)6-13-11(17)14-12(10(15)16)3-5-18-7-12/h8-9H,2-7H2,1H3,(H,15,16)(H2,13,14,17). The van der Waals surface area contributed by atoms with E-state index in [4.69, 9.17) is 9.47 Å². The van der Waals surface area contributed by atoms with Crippen LogP contribution in [0.25, 0.3) is 0 Å². The van der Waals surface area contributed by atoms with Gasteiger partial charge in [0.25, 0.3) is 0 Å². The molecule has 7 heteroatoms. The van der Waals surface area contributed by atoms with Crippen LogP contribution in [0.5, 0.6) is 0 Å². The number of carboxylic acids is 1. The molecule has 3 N–H and O–H groups in total. The predicted octanol–water partition coefficient (Wildman–Crippen LogP) is -0.0457. The Morgan fingerprint density at radius 2 is 2.21 bits per heavy atom. The molecule has 2 rings (SSSR count). The van der Waals surface area contributed by atoms with E-state index in [0.717, 1.165) is 6.42 Å². The molecule has 0 saturated carbocycles. The number of amides is 2. The van der Waals surface area contributed by atoms with E-state index in [0.29, 0.717) is 26.2 Å². The maximum Gasteiger partial charge on any atom is 0.332 e. The van der Waals surface area contributed by atoms with Gasteiger partial charge in [-0.15, -0.1) is 0 Å². The van der Waals surface area contributed by atoms with Crippen molar-refractivity contribution in [1.82, 2.24) is 10.6 Å². The molecule has 2 aliphatic heterocycles. The summed E-state index contributed by atoms with van der Waals surface area (Å²) in [5, 5.41) is 14.4. The fourth-order valence-electron chi connectivity index (χ4n) is 2.42. The zero-order valence-electron chi connectivity index (χ0n) is 11.0. The third-order valence-electron chi connectivity index (χ3n) is 3.84. The third-order valence-corrected chi connectivity index (χ3v) is 3.84. The summed E-state index contributed by atoms with van der Waals surface area (Å²) < 4.78 is 10.5. The number of aliphatic carboxylic acids is 1. The lowest BCUT2D eigenvalue weighted by Crippen LogP contribution is -2.58. The van der Waals surface area contributed by atoms with Crippen molar-refractivity contribution in [1.29, 1.82) is 0 Å². The molecule has 2 saturated heterocycles. The molecule has 19 heavy (non-hydrogen) atoms. The average molecular weight is 272 g/mol. The third kappa shape index (κ3) is 3.16. The summed E-state index contributed by atoms with van der Waals surface area (Å²) in [5.74, 6) is -0.774. The van der Waals surface area contributed by atoms with Crippen LogP contribution in [0.15, 0.2) is 0 Å². The normalized spacial score (nSPS) is 34.2. The number of ether oxygens (including phenoxy) is 2. The van der Waals surface area contributed by atoms with Gasteiger partial charge in [0.1, 0.15) is 0 Å². The number of hydrogen-bond acceptors (Lipinski definition) is 4. The van der Waals surface area contributed by atoms with Crippen LogP contribution in [-0.4, -0.2) is 55.1 Å². The molecule has 2 aliphatic rings. The quantitative estimate of drug-likeness (QED) is 0.667. The second-order valence-electron chi connectivity index (χ2n) is 5.15. The molecule has 0 aliphatic carbocycles. The minimum absolute atomic E-state index is 0.0126. The Hall–Kier alpha value is -1.34. The van der Waals surface area contributed by atoms with Gasteiger partial charge < -0.3 is 25.2 Å². The van der Waals surface area contributed by atoms with Crippen LogP contribution in [0, 0.1) is 5.92 Å². The second kappa shape index (κ2) is 5.75. The fourth-order valence-corrected chi connectivity index (χ4v) is 2.42. The number of rotatable bonds is 4. The van der Waals surface area contributed by atoms with Gasteiger partial charge in [0.15, 0.2) is 5.54 Å². The van der Waals surface area contributed by atoms with Gasteiger partial charge in [0.2, 0.25) is 0 Å². The molecule has 0 spiro atoms. The Morgan fingerprint density at radius 1 is 1.42 bits per heavy atom. The first-order valence-corrected chi connectivity index (χ1v) is 6.52. The zero-order chi connectivity index (χ0) is 13.9. The summed E-state index contributed by atoms with van der Waals surface area (Å²) in [4.78, 5) is 23.0. The molecule has 3 unspecified atom stereocenters. The van der Waals surface area contributed by atoms with E-state index in [2.05, 4.69) is 10.6 Å². The highest BCUT2D eigenvalue weighted by molar-refractivity contribution is 5.86. The molecule has 2 heterocycles. The first-order chi connectivity index (χ1) is 9.03. The zero-order valence-corrected chi connectivity index (χ0v) is 11.0. The summed E-state index contributed by atoms with van der Waals surface area (Å²) in [6.07, 6.45) is 1.33. The number of nitrogens with one attached hydrogen (secondary N) is 2. The van der Waals surface area contributed by atoms with Gasteiger partial charge in [0.05, 0.1) is 12.7 Å². The topological polar surface area (TPSA) is 96.9 Å². The first kappa shape index (κ1) is 14.1. The summed E-state index contributed by atoms with van der Waals surface area (Å²) in [6, 6.07) is -0.466. The van der Waals surface area contributed by atoms with Gasteiger partial charge in [-0.1, -0.05) is 0 Å². The Balaban J connectivity index is 1.81. The van der Waals surface area contributed by atoms with E-state index in [1.165, 1.54) is 0 Å². The molecule has 0 aromatic rings. The Bertz CT molecular complexity index is 354. The molecule has 0 radical (unpaired) electrons. The van der Waals surface area contributed by atoms with Crippen LogP contribution in [-0.2, 0) is 14.3 Å². The van der Waals surface area contributed by atoms with Crippen LogP contribution in [0.3, 0.4) is 0 Å². The molecule has 2 amide bonds. The van der Waals surface area contributed by atoms with Crippen LogP contribution < -0.4 is 10.6 Å². The van der Waals surface area contributed by atoms with Crippen molar-refractivity contribution in [3.05, 3.63) is 0 Å². The van der Waals surface area contributed by atoms with Crippen molar-refractivity contribution in [3.8, 4) is 0 Å². The summed E-state index contributed by atoms with van der Waals surface area (Å²) >= 11 is 0. The highest BCUT2D eigenvalue weighted by atomic mass is 16.5. The summed E-state index contributed by atoms with van der Waals surface area (Å²) in [5.41, 5.74) is -1.29. The van der Waals surface area contributed by atoms with Crippen LogP contribution >= 0.6 is 0 Å². The fraction of sp³-hybridized carbons (Fsp3) is 0.833. The van der Waals surface area contributed by atoms with E-state index in [-0.39, 0.29) is 18.6 Å². The summed E-state index contributed by atoms with van der Waals surface area (Å²) in [6.45, 7) is 3.53. The lowest BCUT2D eigenvalue weighted by molar-refractivity contribution is -0.144. The molecule has 7 nitrogen and oxygen atoms in total. The number of hydrogen-bond donors (Lipinski definition) is 3. The van der Waals surface area contributed by atoms with E-state index in [1.807, 2.05) is 6.92 Å². The predicted molar refractivity (Wildman–Crippen MR) is 65.9 cm³/mol. The molecule has 0 aromatic heterocycles. The number of carboxylic acid groups (broad SMARTS) is 1. The highest BCUT2D eigenvalue weighted by Gasteiger charge is 2.44. The molecule has 0 bridgehead atoms. The molecule has 0 aromatic carbocycles. The molecule has 108 valence electrons. The molecular formula is C12H20N2O5. The molecular weight excluding hydrogens is 252 g/mol. The van der Waals surface area contributed by atoms with Gasteiger partial charge in [0, 0.05) is 32.1 Å². The maximum absolute atomic E-state index is 11.8. The molecule has 3 atom stereocenters. The maximum atomic E-state index is 11.8. The second-order valence-corrected chi connectivity index (χ2v) is 5.15. The Labute approximate surface area is 111 Å². The minimum Gasteiger partial charge on any atom is -0.479 e. The van der Waals surface area contributed by atoms with Gasteiger partial charge in [-0.2, -0.15) is 0 Å². The SMILES string of the molecule is CC1OCCC1CNC(=O)NC1(C(=O)O)CCOC1. The number of carbonyl (C=O) groups excluding carboxylic acids is 1. The van der Waals surface area contributed by atoms with Crippen molar-refractivity contribution >= 4 is 12.0 Å². The van der Waals surface area contributed by atoms with E-state index >= 15 is 0 Å². The van der Waals surface area contributed by atoms with Crippen molar-refractivity contribution in [3.63, 3.8) is 0 Å². The van der Waals surface area contributed by atoms with Crippen molar-refractivity contribution in [2.45, 2.75) is 31.4 Å². The van der Waals surface area contributed by atoms with Crippen molar-refractivity contribution < 1.29 is 24.2 Å². The summed E-state index contributed by atoms with van der Waals surface area (Å²) in [7, 11) is 0. The average Bonchev–Trinajstić information content (AvgIpc) is 2.97. The highest BCUT2D eigenvalue weighted by Crippen LogP contribution is 2.20. The first-order valence-electron chi connectivity index (χ1n) is 6.52. The van der Waals surface area contributed by atoms with E-state index in [9.17, 15) is 14.7 Å².